The molecule has 1 unspecified atom stereocenters. The SMILES string of the molecule is OC(O)c1cccc(C=CC2C=CCNC2)c1. The van der Waals surface area contributed by atoms with Crippen molar-refractivity contribution in [2.75, 3.05) is 13.1 Å². The molecule has 3 heteroatoms. The molecule has 0 saturated heterocycles. The van der Waals surface area contributed by atoms with E-state index < -0.39 is 6.29 Å². The normalized spacial score (nSPS) is 20.3. The Bertz CT molecular complexity index is 424. The van der Waals surface area contributed by atoms with E-state index in [0.717, 1.165) is 18.7 Å². The molecular weight excluding hydrogens is 214 g/mol. The van der Waals surface area contributed by atoms with Crippen molar-refractivity contribution in [1.29, 1.82) is 0 Å². The quantitative estimate of drug-likeness (QED) is 0.545. The summed E-state index contributed by atoms with van der Waals surface area (Å²) in [6, 6.07) is 7.25. The maximum atomic E-state index is 9.08. The van der Waals surface area contributed by atoms with Crippen LogP contribution >= 0.6 is 0 Å². The molecule has 1 aromatic rings. The zero-order valence-corrected chi connectivity index (χ0v) is 9.58. The summed E-state index contributed by atoms with van der Waals surface area (Å²) in [5, 5.41) is 21.4. The highest BCUT2D eigenvalue weighted by Crippen LogP contribution is 2.14. The third-order valence-corrected chi connectivity index (χ3v) is 2.77. The fourth-order valence-electron chi connectivity index (χ4n) is 1.83. The number of rotatable bonds is 3. The first-order chi connectivity index (χ1) is 8.25. The van der Waals surface area contributed by atoms with Crippen molar-refractivity contribution >= 4 is 6.08 Å². The van der Waals surface area contributed by atoms with E-state index in [-0.39, 0.29) is 0 Å². The van der Waals surface area contributed by atoms with Crippen LogP contribution < -0.4 is 5.32 Å². The Hall–Kier alpha value is -1.42. The van der Waals surface area contributed by atoms with Crippen LogP contribution in [0.4, 0.5) is 0 Å². The van der Waals surface area contributed by atoms with Crippen molar-refractivity contribution in [3.8, 4) is 0 Å². The zero-order valence-electron chi connectivity index (χ0n) is 9.58. The summed E-state index contributed by atoms with van der Waals surface area (Å²) in [6.07, 6.45) is 7.02. The molecule has 1 atom stereocenters. The summed E-state index contributed by atoms with van der Waals surface area (Å²) < 4.78 is 0. The number of benzene rings is 1. The molecule has 3 N–H and O–H groups in total. The van der Waals surface area contributed by atoms with Crippen LogP contribution in [0, 0.1) is 5.92 Å². The van der Waals surface area contributed by atoms with Gasteiger partial charge >= 0.3 is 0 Å². The Morgan fingerprint density at radius 2 is 2.24 bits per heavy atom. The first-order valence-corrected chi connectivity index (χ1v) is 5.77. The van der Waals surface area contributed by atoms with E-state index in [1.54, 1.807) is 12.1 Å². The van der Waals surface area contributed by atoms with Gasteiger partial charge < -0.3 is 15.5 Å². The summed E-state index contributed by atoms with van der Waals surface area (Å²) >= 11 is 0. The fourth-order valence-corrected chi connectivity index (χ4v) is 1.83. The molecule has 1 heterocycles. The topological polar surface area (TPSA) is 52.5 Å². The average Bonchev–Trinajstić information content (AvgIpc) is 2.38. The molecule has 0 amide bonds. The van der Waals surface area contributed by atoms with Crippen molar-refractivity contribution < 1.29 is 10.2 Å². The van der Waals surface area contributed by atoms with Gasteiger partial charge in [0.05, 0.1) is 0 Å². The molecule has 17 heavy (non-hydrogen) atoms. The molecule has 0 bridgehead atoms. The Morgan fingerprint density at radius 1 is 1.35 bits per heavy atom. The summed E-state index contributed by atoms with van der Waals surface area (Å²) in [4.78, 5) is 0. The van der Waals surface area contributed by atoms with E-state index in [1.165, 1.54) is 0 Å². The molecule has 90 valence electrons. The summed E-state index contributed by atoms with van der Waals surface area (Å²) in [6.45, 7) is 1.89. The minimum atomic E-state index is -1.40. The molecule has 0 saturated carbocycles. The lowest BCUT2D eigenvalue weighted by Gasteiger charge is -2.13. The summed E-state index contributed by atoms with van der Waals surface area (Å²) in [5.41, 5.74) is 1.50. The third kappa shape index (κ3) is 3.53. The van der Waals surface area contributed by atoms with Gasteiger partial charge in [0.15, 0.2) is 6.29 Å². The van der Waals surface area contributed by atoms with E-state index in [0.29, 0.717) is 11.5 Å². The molecule has 2 rings (SSSR count). The maximum Gasteiger partial charge on any atom is 0.178 e. The second-order valence-electron chi connectivity index (χ2n) is 4.15. The number of hydrogen-bond donors (Lipinski definition) is 3. The molecule has 1 aliphatic heterocycles. The number of aliphatic hydroxyl groups excluding tert-OH is 1. The van der Waals surface area contributed by atoms with Crippen LogP contribution in [-0.4, -0.2) is 23.3 Å². The Labute approximate surface area is 101 Å². The third-order valence-electron chi connectivity index (χ3n) is 2.77. The predicted octanol–water partition coefficient (Wildman–Crippen LogP) is 1.46. The lowest BCUT2D eigenvalue weighted by Crippen LogP contribution is -2.24. The van der Waals surface area contributed by atoms with Gasteiger partial charge in [-0.2, -0.15) is 0 Å². The second kappa shape index (κ2) is 5.77. The monoisotopic (exact) mass is 231 g/mol. The van der Waals surface area contributed by atoms with Crippen molar-refractivity contribution in [3.05, 3.63) is 53.6 Å². The van der Waals surface area contributed by atoms with Crippen LogP contribution in [-0.2, 0) is 0 Å². The van der Waals surface area contributed by atoms with Gasteiger partial charge in [0.25, 0.3) is 0 Å². The molecule has 0 fully saturated rings. The number of nitrogens with one attached hydrogen (secondary N) is 1. The molecule has 1 aromatic carbocycles. The Balaban J connectivity index is 2.07. The van der Waals surface area contributed by atoms with Crippen LogP contribution in [0.5, 0.6) is 0 Å². The van der Waals surface area contributed by atoms with Gasteiger partial charge in [0, 0.05) is 24.6 Å². The van der Waals surface area contributed by atoms with Gasteiger partial charge in [-0.15, -0.1) is 0 Å². The molecule has 0 aliphatic carbocycles. The summed E-state index contributed by atoms with van der Waals surface area (Å²) in [5.74, 6) is 0.409. The maximum absolute atomic E-state index is 9.08. The minimum Gasteiger partial charge on any atom is -0.364 e. The highest BCUT2D eigenvalue weighted by Gasteiger charge is 2.04. The molecule has 3 nitrogen and oxygen atoms in total. The predicted molar refractivity (Wildman–Crippen MR) is 68.2 cm³/mol. The fraction of sp³-hybridized carbons (Fsp3) is 0.286. The Kier molecular flexibility index (Phi) is 4.09. The van der Waals surface area contributed by atoms with Crippen molar-refractivity contribution in [2.24, 2.45) is 5.92 Å². The minimum absolute atomic E-state index is 0.409. The highest BCUT2D eigenvalue weighted by molar-refractivity contribution is 5.51. The first-order valence-electron chi connectivity index (χ1n) is 5.77. The Morgan fingerprint density at radius 3 is 2.94 bits per heavy atom. The van der Waals surface area contributed by atoms with E-state index in [2.05, 4.69) is 23.5 Å². The largest absolute Gasteiger partial charge is 0.364 e. The van der Waals surface area contributed by atoms with Crippen molar-refractivity contribution in [1.82, 2.24) is 5.32 Å². The van der Waals surface area contributed by atoms with Gasteiger partial charge in [-0.1, -0.05) is 42.5 Å². The van der Waals surface area contributed by atoms with Crippen LogP contribution in [0.1, 0.15) is 17.4 Å². The smallest absolute Gasteiger partial charge is 0.178 e. The van der Waals surface area contributed by atoms with Gasteiger partial charge in [0.1, 0.15) is 0 Å². The van der Waals surface area contributed by atoms with Crippen molar-refractivity contribution in [2.45, 2.75) is 6.29 Å². The number of aliphatic hydroxyl groups is 2. The van der Waals surface area contributed by atoms with Crippen LogP contribution in [0.15, 0.2) is 42.5 Å². The van der Waals surface area contributed by atoms with E-state index >= 15 is 0 Å². The molecule has 1 aliphatic rings. The highest BCUT2D eigenvalue weighted by atomic mass is 16.5. The van der Waals surface area contributed by atoms with Crippen LogP contribution in [0.2, 0.25) is 0 Å². The lowest BCUT2D eigenvalue weighted by molar-refractivity contribution is -0.0424. The molecule has 0 spiro atoms. The molecule has 0 aromatic heterocycles. The first kappa shape index (κ1) is 12.0. The summed E-state index contributed by atoms with van der Waals surface area (Å²) in [7, 11) is 0. The number of hydrogen-bond acceptors (Lipinski definition) is 3. The zero-order chi connectivity index (χ0) is 12.1. The van der Waals surface area contributed by atoms with Gasteiger partial charge in [0.2, 0.25) is 0 Å². The lowest BCUT2D eigenvalue weighted by atomic mass is 10.0. The van der Waals surface area contributed by atoms with Gasteiger partial charge in [-0.05, 0) is 11.6 Å². The second-order valence-corrected chi connectivity index (χ2v) is 4.15. The van der Waals surface area contributed by atoms with Crippen LogP contribution in [0.25, 0.3) is 6.08 Å². The van der Waals surface area contributed by atoms with E-state index in [9.17, 15) is 0 Å². The average molecular weight is 231 g/mol. The molecule has 0 radical (unpaired) electrons. The standard InChI is InChI=1S/C14H17NO2/c16-14(17)13-5-1-3-11(9-13)6-7-12-4-2-8-15-10-12/h1-7,9,12,14-17H,8,10H2. The van der Waals surface area contributed by atoms with Crippen molar-refractivity contribution in [3.63, 3.8) is 0 Å². The van der Waals surface area contributed by atoms with Gasteiger partial charge in [-0.3, -0.25) is 0 Å². The van der Waals surface area contributed by atoms with E-state index in [4.69, 9.17) is 10.2 Å². The molecular formula is C14H17NO2. The van der Waals surface area contributed by atoms with E-state index in [1.807, 2.05) is 18.2 Å². The van der Waals surface area contributed by atoms with Gasteiger partial charge in [-0.25, -0.2) is 0 Å². The van der Waals surface area contributed by atoms with Crippen LogP contribution in [0.3, 0.4) is 0 Å².